The fourth-order valence-corrected chi connectivity index (χ4v) is 6.25. The van der Waals surface area contributed by atoms with Crippen molar-refractivity contribution < 1.29 is 35.0 Å². The van der Waals surface area contributed by atoms with Gasteiger partial charge < -0.3 is 25.4 Å². The molecule has 4 atom stereocenters. The number of halogens is 1. The molecule has 2 aromatic rings. The quantitative estimate of drug-likeness (QED) is 0.170. The van der Waals surface area contributed by atoms with Gasteiger partial charge in [0.15, 0.2) is 0 Å². The minimum Gasteiger partial charge on any atom is -0.507 e. The van der Waals surface area contributed by atoms with Gasteiger partial charge in [0.25, 0.3) is 0 Å². The van der Waals surface area contributed by atoms with Gasteiger partial charge in [-0.3, -0.25) is 14.5 Å². The largest absolute Gasteiger partial charge is 0.507 e. The van der Waals surface area contributed by atoms with E-state index in [1.807, 2.05) is 26.0 Å². The van der Waals surface area contributed by atoms with Crippen molar-refractivity contribution in [1.82, 2.24) is 0 Å². The number of phenols is 1. The SMILES string of the molecule is CCC1=C([C@H](O)CC/C(C)=C/c2cc(Br)ccc2O)[C@H](CO)[C@@H]2C(=O)N(c3cccc(B(O)O)c3)C(=O)[C@@H]2C1. The number of hydrogen-bond donors (Lipinski definition) is 5. The highest BCUT2D eigenvalue weighted by Crippen LogP contribution is 2.47. The highest BCUT2D eigenvalue weighted by Gasteiger charge is 2.55. The molecule has 1 saturated heterocycles. The zero-order chi connectivity index (χ0) is 28.4. The summed E-state index contributed by atoms with van der Waals surface area (Å²) in [6.45, 7) is 3.46. The number of amides is 2. The first kappa shape index (κ1) is 29.2. The second-order valence-corrected chi connectivity index (χ2v) is 11.2. The molecule has 1 heterocycles. The summed E-state index contributed by atoms with van der Waals surface area (Å²) in [7, 11) is -1.75. The second-order valence-electron chi connectivity index (χ2n) is 10.3. The van der Waals surface area contributed by atoms with Crippen LogP contribution in [0.2, 0.25) is 0 Å². The monoisotopic (exact) mass is 597 g/mol. The van der Waals surface area contributed by atoms with Gasteiger partial charge in [-0.2, -0.15) is 0 Å². The molecule has 8 nitrogen and oxygen atoms in total. The van der Waals surface area contributed by atoms with Crippen molar-refractivity contribution in [1.29, 1.82) is 0 Å². The van der Waals surface area contributed by atoms with E-state index in [1.54, 1.807) is 24.3 Å². The van der Waals surface area contributed by atoms with Gasteiger partial charge in [0.1, 0.15) is 5.75 Å². The second kappa shape index (κ2) is 12.2. The van der Waals surface area contributed by atoms with Crippen LogP contribution in [0.5, 0.6) is 5.75 Å². The topological polar surface area (TPSA) is 139 Å². The average Bonchev–Trinajstić information content (AvgIpc) is 3.17. The number of fused-ring (bicyclic) bond motifs is 1. The number of anilines is 1. The molecule has 1 aliphatic carbocycles. The van der Waals surface area contributed by atoms with Crippen molar-refractivity contribution in [2.45, 2.75) is 45.6 Å². The Morgan fingerprint density at radius 3 is 2.59 bits per heavy atom. The van der Waals surface area contributed by atoms with E-state index in [2.05, 4.69) is 15.9 Å². The van der Waals surface area contributed by atoms with Gasteiger partial charge in [-0.15, -0.1) is 0 Å². The number of aromatic hydroxyl groups is 1. The Morgan fingerprint density at radius 1 is 1.18 bits per heavy atom. The summed E-state index contributed by atoms with van der Waals surface area (Å²) in [5.41, 5.74) is 3.51. The van der Waals surface area contributed by atoms with Crippen molar-refractivity contribution in [2.24, 2.45) is 17.8 Å². The van der Waals surface area contributed by atoms with E-state index in [-0.39, 0.29) is 29.4 Å². The molecule has 1 fully saturated rings. The standard InChI is InChI=1S/C29H33BBrNO7/c1-3-17-13-22-27(29(37)32(28(22)36)21-6-4-5-19(14-21)30(38)39)23(15-33)26(17)25(35)9-7-16(2)11-18-12-20(31)8-10-24(18)34/h4-6,8,10-12,14,22-23,25,27,33-35,38-39H,3,7,9,13,15H2,1-2H3/b16-11+/t22-,23+,25-,27-/m1/s1. The van der Waals surface area contributed by atoms with Crippen molar-refractivity contribution in [3.63, 3.8) is 0 Å². The van der Waals surface area contributed by atoms with E-state index in [1.165, 1.54) is 12.1 Å². The van der Waals surface area contributed by atoms with Crippen LogP contribution in [-0.2, 0) is 9.59 Å². The van der Waals surface area contributed by atoms with Crippen LogP contribution in [0.15, 0.2) is 63.7 Å². The predicted molar refractivity (Wildman–Crippen MR) is 153 cm³/mol. The Morgan fingerprint density at radius 2 is 1.92 bits per heavy atom. The predicted octanol–water partition coefficient (Wildman–Crippen LogP) is 2.90. The molecular weight excluding hydrogens is 565 g/mol. The molecule has 39 heavy (non-hydrogen) atoms. The number of aliphatic hydroxyl groups is 2. The molecule has 10 heteroatoms. The summed E-state index contributed by atoms with van der Waals surface area (Å²) in [6.07, 6.45) is 2.70. The van der Waals surface area contributed by atoms with Gasteiger partial charge in [-0.05, 0) is 74.0 Å². The smallest absolute Gasteiger partial charge is 0.488 e. The van der Waals surface area contributed by atoms with Gasteiger partial charge in [-0.25, -0.2) is 0 Å². The summed E-state index contributed by atoms with van der Waals surface area (Å²) in [5, 5.41) is 51.0. The van der Waals surface area contributed by atoms with E-state index < -0.39 is 36.9 Å². The first-order valence-electron chi connectivity index (χ1n) is 13.1. The lowest BCUT2D eigenvalue weighted by Gasteiger charge is -2.36. The third-order valence-corrected chi connectivity index (χ3v) is 8.29. The van der Waals surface area contributed by atoms with E-state index >= 15 is 0 Å². The summed E-state index contributed by atoms with van der Waals surface area (Å²) >= 11 is 3.40. The Labute approximate surface area is 236 Å². The molecule has 2 aliphatic rings. The first-order valence-corrected chi connectivity index (χ1v) is 13.9. The molecule has 2 aromatic carbocycles. The van der Waals surface area contributed by atoms with Crippen LogP contribution in [0.25, 0.3) is 6.08 Å². The number of rotatable bonds is 9. The minimum absolute atomic E-state index is 0.153. The number of hydrogen-bond acceptors (Lipinski definition) is 7. The molecule has 0 bridgehead atoms. The van der Waals surface area contributed by atoms with Crippen LogP contribution in [0, 0.1) is 17.8 Å². The molecular formula is C29H33BBrNO7. The lowest BCUT2D eigenvalue weighted by molar-refractivity contribution is -0.123. The Hall–Kier alpha value is -2.76. The molecule has 1 aliphatic heterocycles. The van der Waals surface area contributed by atoms with Crippen molar-refractivity contribution >= 4 is 52.1 Å². The van der Waals surface area contributed by atoms with E-state index in [0.29, 0.717) is 36.8 Å². The normalized spacial score (nSPS) is 22.4. The van der Waals surface area contributed by atoms with E-state index in [9.17, 15) is 35.0 Å². The Balaban J connectivity index is 1.58. The Bertz CT molecular complexity index is 1320. The average molecular weight is 598 g/mol. The fourth-order valence-electron chi connectivity index (χ4n) is 5.88. The van der Waals surface area contributed by atoms with Crippen LogP contribution in [-0.4, -0.2) is 57.0 Å². The van der Waals surface area contributed by atoms with Gasteiger partial charge in [-0.1, -0.05) is 52.2 Å². The molecule has 0 saturated carbocycles. The van der Waals surface area contributed by atoms with Gasteiger partial charge in [0.05, 0.1) is 30.2 Å². The fraction of sp³-hybridized carbons (Fsp3) is 0.379. The van der Waals surface area contributed by atoms with Crippen LogP contribution in [0.1, 0.15) is 45.1 Å². The summed E-state index contributed by atoms with van der Waals surface area (Å²) in [6, 6.07) is 11.2. The maximum Gasteiger partial charge on any atom is 0.488 e. The van der Waals surface area contributed by atoms with Gasteiger partial charge >= 0.3 is 7.12 Å². The number of nitrogens with zero attached hydrogens (tertiary/aromatic N) is 1. The molecule has 5 N–H and O–H groups in total. The maximum atomic E-state index is 13.6. The van der Waals surface area contributed by atoms with Crippen LogP contribution < -0.4 is 10.4 Å². The zero-order valence-electron chi connectivity index (χ0n) is 21.9. The number of carbonyl (C=O) groups is 2. The van der Waals surface area contributed by atoms with E-state index in [4.69, 9.17) is 0 Å². The lowest BCUT2D eigenvalue weighted by atomic mass is 9.67. The third kappa shape index (κ3) is 5.90. The summed E-state index contributed by atoms with van der Waals surface area (Å²) < 4.78 is 0.837. The van der Waals surface area contributed by atoms with Crippen molar-refractivity contribution in [3.8, 4) is 5.75 Å². The highest BCUT2D eigenvalue weighted by molar-refractivity contribution is 9.10. The highest BCUT2D eigenvalue weighted by atomic mass is 79.9. The number of benzene rings is 2. The molecule has 206 valence electrons. The first-order chi connectivity index (χ1) is 18.6. The Kier molecular flexibility index (Phi) is 9.13. The maximum absolute atomic E-state index is 13.6. The molecule has 0 radical (unpaired) electrons. The van der Waals surface area contributed by atoms with Crippen molar-refractivity contribution in [3.05, 3.63) is 69.2 Å². The van der Waals surface area contributed by atoms with E-state index in [0.717, 1.165) is 20.5 Å². The number of carbonyl (C=O) groups excluding carboxylic acids is 2. The number of aliphatic hydroxyl groups excluding tert-OH is 2. The van der Waals surface area contributed by atoms with Crippen LogP contribution in [0.4, 0.5) is 5.69 Å². The molecule has 2 amide bonds. The number of imide groups is 1. The number of phenolic OH excluding ortho intramolecular Hbond substituents is 1. The zero-order valence-corrected chi connectivity index (χ0v) is 23.5. The third-order valence-electron chi connectivity index (χ3n) is 7.80. The summed E-state index contributed by atoms with van der Waals surface area (Å²) in [4.78, 5) is 28.1. The molecule has 0 spiro atoms. The van der Waals surface area contributed by atoms with Gasteiger partial charge in [0, 0.05) is 16.0 Å². The minimum atomic E-state index is -1.75. The van der Waals surface area contributed by atoms with Gasteiger partial charge in [0.2, 0.25) is 11.8 Å². The molecule has 0 aromatic heterocycles. The van der Waals surface area contributed by atoms with Crippen molar-refractivity contribution in [2.75, 3.05) is 11.5 Å². The van der Waals surface area contributed by atoms with Crippen LogP contribution in [0.3, 0.4) is 0 Å². The number of allylic oxidation sites excluding steroid dienone is 2. The molecule has 4 rings (SSSR count). The van der Waals surface area contributed by atoms with Crippen LogP contribution >= 0.6 is 15.9 Å². The molecule has 0 unspecified atom stereocenters. The lowest BCUT2D eigenvalue weighted by Crippen LogP contribution is -2.39. The summed E-state index contributed by atoms with van der Waals surface area (Å²) in [5.74, 6) is -2.89.